The zero-order valence-electron chi connectivity index (χ0n) is 16.0. The van der Waals surface area contributed by atoms with Gasteiger partial charge in [0, 0.05) is 25.6 Å². The molecule has 0 saturated carbocycles. The largest absolute Gasteiger partial charge is 0.380 e. The summed E-state index contributed by atoms with van der Waals surface area (Å²) in [6.07, 6.45) is 1.52. The second-order valence-corrected chi connectivity index (χ2v) is 6.82. The van der Waals surface area contributed by atoms with E-state index in [0.717, 1.165) is 12.0 Å². The van der Waals surface area contributed by atoms with E-state index in [0.29, 0.717) is 19.6 Å². The van der Waals surface area contributed by atoms with E-state index < -0.39 is 0 Å². The van der Waals surface area contributed by atoms with Crippen molar-refractivity contribution in [1.82, 2.24) is 5.32 Å². The van der Waals surface area contributed by atoms with Gasteiger partial charge in [0.2, 0.25) is 5.91 Å². The van der Waals surface area contributed by atoms with Gasteiger partial charge in [-0.3, -0.25) is 4.79 Å². The van der Waals surface area contributed by atoms with Gasteiger partial charge < -0.3 is 14.8 Å². The van der Waals surface area contributed by atoms with Gasteiger partial charge in [0.15, 0.2) is 0 Å². The van der Waals surface area contributed by atoms with E-state index in [-0.39, 0.29) is 24.1 Å². The van der Waals surface area contributed by atoms with Crippen LogP contribution in [0.5, 0.6) is 0 Å². The van der Waals surface area contributed by atoms with Gasteiger partial charge in [0.05, 0.1) is 12.2 Å². The van der Waals surface area contributed by atoms with Gasteiger partial charge in [0.1, 0.15) is 7.85 Å². The van der Waals surface area contributed by atoms with Gasteiger partial charge in [-0.1, -0.05) is 18.2 Å². The quantitative estimate of drug-likeness (QED) is 0.529. The number of benzene rings is 1. The highest BCUT2D eigenvalue weighted by molar-refractivity contribution is 6.10. The summed E-state index contributed by atoms with van der Waals surface area (Å²) in [5.41, 5.74) is 3.49. The molecule has 0 fully saturated rings. The molecule has 24 heavy (non-hydrogen) atoms. The van der Waals surface area contributed by atoms with Crippen molar-refractivity contribution in [2.75, 3.05) is 6.61 Å². The maximum absolute atomic E-state index is 11.9. The lowest BCUT2D eigenvalue weighted by Crippen LogP contribution is -2.23. The number of ether oxygens (including phenoxy) is 2. The molecule has 4 nitrogen and oxygen atoms in total. The van der Waals surface area contributed by atoms with Crippen molar-refractivity contribution in [3.05, 3.63) is 34.9 Å². The number of carbonyl (C=O) groups excluding carboxylic acids is 1. The first-order valence-electron chi connectivity index (χ1n) is 8.92. The van der Waals surface area contributed by atoms with Crippen LogP contribution in [0.25, 0.3) is 0 Å². The molecule has 1 rings (SSSR count). The maximum atomic E-state index is 11.9. The van der Waals surface area contributed by atoms with Gasteiger partial charge >= 0.3 is 0 Å². The van der Waals surface area contributed by atoms with Crippen LogP contribution in [0.1, 0.15) is 63.3 Å². The van der Waals surface area contributed by atoms with E-state index in [9.17, 15) is 4.79 Å². The fraction of sp³-hybridized carbons (Fsp3) is 0.632. The molecule has 0 bridgehead atoms. The monoisotopic (exact) mass is 333 g/mol. The van der Waals surface area contributed by atoms with Crippen LogP contribution in [0.3, 0.4) is 0 Å². The molecule has 0 spiro atoms. The zero-order chi connectivity index (χ0) is 18.1. The summed E-state index contributed by atoms with van der Waals surface area (Å²) in [6, 6.07) is 6.47. The first-order valence-corrected chi connectivity index (χ1v) is 8.92. The average molecular weight is 333 g/mol. The van der Waals surface area contributed by atoms with E-state index >= 15 is 0 Å². The number of hydrogen-bond donors (Lipinski definition) is 1. The highest BCUT2D eigenvalue weighted by Crippen LogP contribution is 2.23. The fourth-order valence-electron chi connectivity index (χ4n) is 2.56. The predicted octanol–water partition coefficient (Wildman–Crippen LogP) is 2.87. The number of amides is 1. The van der Waals surface area contributed by atoms with Crippen LogP contribution in [-0.4, -0.2) is 32.5 Å². The summed E-state index contributed by atoms with van der Waals surface area (Å²) in [7, 11) is 2.04. The van der Waals surface area contributed by atoms with Crippen molar-refractivity contribution in [3.8, 4) is 0 Å². The zero-order valence-corrected chi connectivity index (χ0v) is 16.0. The van der Waals surface area contributed by atoms with Gasteiger partial charge in [0.25, 0.3) is 0 Å². The Bertz CT molecular complexity index is 517. The molecular formula is C19H32BNO3. The lowest BCUT2D eigenvalue weighted by Gasteiger charge is -2.19. The summed E-state index contributed by atoms with van der Waals surface area (Å²) in [5, 5.41) is 2.98. The Morgan fingerprint density at radius 2 is 1.96 bits per heavy atom. The van der Waals surface area contributed by atoms with E-state index in [1.807, 2.05) is 28.6 Å². The third-order valence-corrected chi connectivity index (χ3v) is 3.75. The van der Waals surface area contributed by atoms with Crippen molar-refractivity contribution < 1.29 is 14.3 Å². The second kappa shape index (κ2) is 10.5. The number of hydrogen-bond acceptors (Lipinski definition) is 3. The Kier molecular flexibility index (Phi) is 9.08. The molecular weight excluding hydrogens is 301 g/mol. The van der Waals surface area contributed by atoms with Gasteiger partial charge in [-0.05, 0) is 57.7 Å². The highest BCUT2D eigenvalue weighted by atomic mass is 16.5. The molecule has 2 atom stereocenters. The minimum Gasteiger partial charge on any atom is -0.380 e. The molecule has 0 aliphatic heterocycles. The summed E-state index contributed by atoms with van der Waals surface area (Å²) in [4.78, 5) is 11.9. The third kappa shape index (κ3) is 7.98. The molecule has 1 N–H and O–H groups in total. The summed E-state index contributed by atoms with van der Waals surface area (Å²) < 4.78 is 11.3. The molecule has 0 saturated heterocycles. The van der Waals surface area contributed by atoms with E-state index in [2.05, 4.69) is 37.4 Å². The minimum absolute atomic E-state index is 0.0498. The summed E-state index contributed by atoms with van der Waals surface area (Å²) in [5.74, 6) is 0.0657. The van der Waals surface area contributed by atoms with E-state index in [1.54, 1.807) is 0 Å². The van der Waals surface area contributed by atoms with Gasteiger partial charge in [-0.15, -0.1) is 0 Å². The molecule has 0 heterocycles. The Hall–Kier alpha value is -1.33. The standard InChI is InChI=1S/C19H32BNO3/c1-13(2)23-10-6-7-19(22)21-12-17-9-8-14(3)18(11-17)15(4)24-16(5)20/h8-9,11,13,15-16H,6-7,10,12,20H2,1-5H3,(H,21,22). The molecule has 0 aliphatic rings. The molecule has 1 amide bonds. The number of carbonyl (C=O) groups is 1. The van der Waals surface area contributed by atoms with Crippen LogP contribution in [-0.2, 0) is 20.8 Å². The predicted molar refractivity (Wildman–Crippen MR) is 101 cm³/mol. The number of nitrogens with one attached hydrogen (secondary N) is 1. The second-order valence-electron chi connectivity index (χ2n) is 6.82. The normalized spacial score (nSPS) is 13.8. The Labute approximate surface area is 147 Å². The lowest BCUT2D eigenvalue weighted by molar-refractivity contribution is -0.121. The molecule has 1 aromatic rings. The topological polar surface area (TPSA) is 47.6 Å². The SMILES string of the molecule is BC(C)OC(C)c1cc(CNC(=O)CCCOC(C)C)ccc1C. The van der Waals surface area contributed by atoms with Crippen molar-refractivity contribution in [3.63, 3.8) is 0 Å². The van der Waals surface area contributed by atoms with E-state index in [1.165, 1.54) is 11.1 Å². The van der Waals surface area contributed by atoms with Crippen LogP contribution in [0, 0.1) is 6.92 Å². The first kappa shape index (κ1) is 20.7. The fourth-order valence-corrected chi connectivity index (χ4v) is 2.56. The molecule has 2 unspecified atom stereocenters. The molecule has 0 aliphatic carbocycles. The van der Waals surface area contributed by atoms with Crippen LogP contribution >= 0.6 is 0 Å². The Morgan fingerprint density at radius 1 is 1.25 bits per heavy atom. The molecule has 134 valence electrons. The van der Waals surface area contributed by atoms with Crippen LogP contribution in [0.15, 0.2) is 18.2 Å². The van der Waals surface area contributed by atoms with Gasteiger partial charge in [-0.2, -0.15) is 0 Å². The number of aryl methyl sites for hydroxylation is 1. The molecule has 5 heteroatoms. The van der Waals surface area contributed by atoms with E-state index in [4.69, 9.17) is 9.47 Å². The van der Waals surface area contributed by atoms with Crippen LogP contribution < -0.4 is 5.32 Å². The first-order chi connectivity index (χ1) is 11.3. The van der Waals surface area contributed by atoms with Crippen molar-refractivity contribution in [1.29, 1.82) is 0 Å². The minimum atomic E-state index is 0.0498. The average Bonchev–Trinajstić information content (AvgIpc) is 2.49. The molecule has 0 radical (unpaired) electrons. The molecule has 1 aromatic carbocycles. The van der Waals surface area contributed by atoms with Crippen molar-refractivity contribution in [2.45, 2.75) is 72.2 Å². The maximum Gasteiger partial charge on any atom is 0.220 e. The Morgan fingerprint density at radius 3 is 2.58 bits per heavy atom. The van der Waals surface area contributed by atoms with Crippen LogP contribution in [0.2, 0.25) is 0 Å². The highest BCUT2D eigenvalue weighted by Gasteiger charge is 2.12. The summed E-state index contributed by atoms with van der Waals surface area (Å²) >= 11 is 0. The van der Waals surface area contributed by atoms with Crippen molar-refractivity contribution >= 4 is 13.8 Å². The smallest absolute Gasteiger partial charge is 0.220 e. The van der Waals surface area contributed by atoms with Crippen LogP contribution in [0.4, 0.5) is 0 Å². The lowest BCUT2D eigenvalue weighted by atomic mass is 9.98. The van der Waals surface area contributed by atoms with Crippen molar-refractivity contribution in [2.24, 2.45) is 0 Å². The number of rotatable bonds is 10. The third-order valence-electron chi connectivity index (χ3n) is 3.75. The Balaban J connectivity index is 2.49. The summed E-state index contributed by atoms with van der Waals surface area (Å²) in [6.45, 7) is 11.4. The van der Waals surface area contributed by atoms with Gasteiger partial charge in [-0.25, -0.2) is 0 Å². The molecule has 0 aromatic heterocycles.